The maximum Gasteiger partial charge on any atom is 0.138 e. The van der Waals surface area contributed by atoms with E-state index in [1.807, 2.05) is 0 Å². The maximum atomic E-state index is 11.4. The van der Waals surface area contributed by atoms with Crippen molar-refractivity contribution in [2.45, 2.75) is 178 Å². The summed E-state index contributed by atoms with van der Waals surface area (Å²) in [4.78, 5) is 0. The van der Waals surface area contributed by atoms with Gasteiger partial charge in [-0.1, -0.05) is 57.3 Å². The van der Waals surface area contributed by atoms with Gasteiger partial charge in [0.2, 0.25) is 0 Å². The van der Waals surface area contributed by atoms with Gasteiger partial charge >= 0.3 is 0 Å². The average molecular weight is 574 g/mol. The Hall–Kier alpha value is -0.680. The zero-order valence-electron chi connectivity index (χ0n) is 26.0. The summed E-state index contributed by atoms with van der Waals surface area (Å²) in [5, 5.41) is 24.3. The third kappa shape index (κ3) is 8.93. The minimum atomic E-state index is -0.342. The zero-order chi connectivity index (χ0) is 28.7. The van der Waals surface area contributed by atoms with Crippen LogP contribution in [0.15, 0.2) is 0 Å². The first-order valence-corrected chi connectivity index (χ1v) is 17.7. The molecule has 6 heteroatoms. The number of aliphatic hydroxyl groups is 2. The molecule has 5 rings (SSSR count). The minimum absolute atomic E-state index is 0.0247. The van der Waals surface area contributed by atoms with Crippen LogP contribution in [-0.4, -0.2) is 59.0 Å². The molecular weight excluding hydrogens is 512 g/mol. The lowest BCUT2D eigenvalue weighted by molar-refractivity contribution is -0.707. The first-order valence-electron chi connectivity index (χ1n) is 17.7. The van der Waals surface area contributed by atoms with Crippen LogP contribution in [-0.2, 0) is 9.47 Å². The molecule has 9 atom stereocenters. The van der Waals surface area contributed by atoms with Crippen LogP contribution in [0.4, 0.5) is 0 Å². The second-order valence-electron chi connectivity index (χ2n) is 14.7. The Morgan fingerprint density at radius 1 is 0.951 bits per heavy atom. The van der Waals surface area contributed by atoms with E-state index in [1.165, 1.54) is 38.5 Å². The van der Waals surface area contributed by atoms with Gasteiger partial charge in [0.15, 0.2) is 0 Å². The fourth-order valence-corrected chi connectivity index (χ4v) is 8.94. The van der Waals surface area contributed by atoms with Crippen molar-refractivity contribution in [3.63, 3.8) is 0 Å². The molecule has 6 nitrogen and oxygen atoms in total. The Morgan fingerprint density at radius 2 is 1.73 bits per heavy atom. The van der Waals surface area contributed by atoms with Crippen molar-refractivity contribution >= 4 is 0 Å². The van der Waals surface area contributed by atoms with E-state index in [0.717, 1.165) is 96.4 Å². The van der Waals surface area contributed by atoms with Crippen molar-refractivity contribution in [3.05, 3.63) is 0 Å². The summed E-state index contributed by atoms with van der Waals surface area (Å²) in [5.41, 5.74) is 6.29. The summed E-state index contributed by atoms with van der Waals surface area (Å²) in [6.45, 7) is 3.27. The van der Waals surface area contributed by atoms with Gasteiger partial charge in [0.25, 0.3) is 0 Å². The lowest BCUT2D eigenvalue weighted by Gasteiger charge is -2.48. The van der Waals surface area contributed by atoms with Gasteiger partial charge in [-0.25, -0.2) is 0 Å². The van der Waals surface area contributed by atoms with Gasteiger partial charge in [0.05, 0.1) is 48.6 Å². The molecule has 2 aliphatic heterocycles. The molecule has 0 aromatic heterocycles. The lowest BCUT2D eigenvalue weighted by atomic mass is 9.67. The molecule has 0 aromatic carbocycles. The number of fused-ring (bicyclic) bond motifs is 2. The number of hydrogen-bond acceptors (Lipinski definition) is 5. The van der Waals surface area contributed by atoms with Crippen LogP contribution in [0.5, 0.6) is 0 Å². The summed E-state index contributed by atoms with van der Waals surface area (Å²) in [6, 6.07) is 0. The van der Waals surface area contributed by atoms with Gasteiger partial charge < -0.3 is 25.0 Å². The van der Waals surface area contributed by atoms with E-state index in [1.54, 1.807) is 0 Å². The topological polar surface area (TPSA) is 102 Å². The summed E-state index contributed by atoms with van der Waals surface area (Å²) in [7, 11) is 0. The molecule has 2 heterocycles. The number of hydrogen-bond donors (Lipinski definition) is 4. The van der Waals surface area contributed by atoms with E-state index in [0.29, 0.717) is 29.8 Å². The van der Waals surface area contributed by atoms with Crippen LogP contribution in [0.2, 0.25) is 0 Å². The van der Waals surface area contributed by atoms with E-state index < -0.39 is 0 Å². The smallest absolute Gasteiger partial charge is 0.138 e. The highest BCUT2D eigenvalue weighted by Crippen LogP contribution is 2.44. The number of nitrogens with two attached hydrogens (primary N) is 2. The van der Waals surface area contributed by atoms with Gasteiger partial charge in [-0.2, -0.15) is 0 Å². The number of quaternary nitrogens is 1. The summed E-state index contributed by atoms with van der Waals surface area (Å²) in [5.74, 6) is 8.97. The molecule has 0 radical (unpaired) electrons. The van der Waals surface area contributed by atoms with E-state index in [2.05, 4.69) is 24.1 Å². The van der Waals surface area contributed by atoms with Crippen molar-refractivity contribution in [2.24, 2.45) is 29.4 Å². The van der Waals surface area contributed by atoms with Gasteiger partial charge in [-0.05, 0) is 89.4 Å². The van der Waals surface area contributed by atoms with Crippen LogP contribution in [0.1, 0.15) is 135 Å². The normalized spacial score (nSPS) is 39.6. The highest BCUT2D eigenvalue weighted by Gasteiger charge is 2.49. The number of ether oxygens (including phenoxy) is 2. The molecular formula is C35H61N2O4+. The van der Waals surface area contributed by atoms with Gasteiger partial charge in [-0.3, -0.25) is 5.73 Å². The zero-order valence-corrected chi connectivity index (χ0v) is 26.0. The molecule has 1 spiro atoms. The Morgan fingerprint density at radius 3 is 2.54 bits per heavy atom. The Balaban J connectivity index is 1.19. The molecule has 3 aliphatic carbocycles. The average Bonchev–Trinajstić information content (AvgIpc) is 2.99. The summed E-state index contributed by atoms with van der Waals surface area (Å²) in [6.07, 6.45) is 21.5. The molecule has 3 saturated carbocycles. The second kappa shape index (κ2) is 15.4. The molecule has 234 valence electrons. The predicted molar refractivity (Wildman–Crippen MR) is 163 cm³/mol. The van der Waals surface area contributed by atoms with Crippen LogP contribution >= 0.6 is 0 Å². The van der Waals surface area contributed by atoms with Crippen molar-refractivity contribution in [3.8, 4) is 11.8 Å². The SMILES string of the molecule is CC1C#CC2CC(N)[NH2+]CC2C2(CCCCC2)OC(CC(O)CCC2CCC(O)C(OC3CCCCC3)C2)CCC1. The first-order chi connectivity index (χ1) is 19.9. The minimum Gasteiger partial charge on any atom is -0.393 e. The number of piperidine rings is 1. The molecule has 0 aromatic rings. The van der Waals surface area contributed by atoms with Crippen LogP contribution in [0.3, 0.4) is 0 Å². The number of aliphatic hydroxyl groups excluding tert-OH is 2. The van der Waals surface area contributed by atoms with E-state index in [-0.39, 0.29) is 36.2 Å². The molecule has 1 saturated heterocycles. The second-order valence-corrected chi connectivity index (χ2v) is 14.7. The maximum absolute atomic E-state index is 11.4. The molecule has 6 N–H and O–H groups in total. The molecule has 4 fully saturated rings. The largest absolute Gasteiger partial charge is 0.393 e. The highest BCUT2D eigenvalue weighted by atomic mass is 16.5. The Labute approximate surface area is 250 Å². The van der Waals surface area contributed by atoms with E-state index >= 15 is 0 Å². The van der Waals surface area contributed by atoms with Crippen molar-refractivity contribution in [1.82, 2.24) is 0 Å². The third-order valence-corrected chi connectivity index (χ3v) is 11.4. The van der Waals surface area contributed by atoms with Crippen molar-refractivity contribution in [1.29, 1.82) is 0 Å². The highest BCUT2D eigenvalue weighted by molar-refractivity contribution is 5.12. The Kier molecular flexibility index (Phi) is 11.9. The summed E-state index contributed by atoms with van der Waals surface area (Å²) < 4.78 is 13.7. The predicted octanol–water partition coefficient (Wildman–Crippen LogP) is 4.79. The molecule has 0 amide bonds. The van der Waals surface area contributed by atoms with Crippen LogP contribution in [0.25, 0.3) is 0 Å². The quantitative estimate of drug-likeness (QED) is 0.328. The van der Waals surface area contributed by atoms with E-state index in [4.69, 9.17) is 15.2 Å². The van der Waals surface area contributed by atoms with Crippen molar-refractivity contribution in [2.75, 3.05) is 6.54 Å². The molecule has 9 unspecified atom stereocenters. The van der Waals surface area contributed by atoms with Crippen LogP contribution < -0.4 is 11.1 Å². The van der Waals surface area contributed by atoms with Gasteiger partial charge in [0.1, 0.15) is 6.17 Å². The Bertz CT molecular complexity index is 845. The monoisotopic (exact) mass is 573 g/mol. The van der Waals surface area contributed by atoms with Gasteiger partial charge in [0, 0.05) is 18.3 Å². The lowest BCUT2D eigenvalue weighted by Crippen LogP contribution is -2.97. The fourth-order valence-electron chi connectivity index (χ4n) is 8.94. The first kappa shape index (κ1) is 31.7. The summed E-state index contributed by atoms with van der Waals surface area (Å²) >= 11 is 0. The van der Waals surface area contributed by atoms with E-state index in [9.17, 15) is 10.2 Å². The third-order valence-electron chi connectivity index (χ3n) is 11.4. The molecule has 41 heavy (non-hydrogen) atoms. The molecule has 0 bridgehead atoms. The van der Waals surface area contributed by atoms with Crippen molar-refractivity contribution < 1.29 is 25.0 Å². The van der Waals surface area contributed by atoms with Crippen LogP contribution in [0, 0.1) is 35.5 Å². The van der Waals surface area contributed by atoms with Gasteiger partial charge in [-0.15, -0.1) is 0 Å². The molecule has 5 aliphatic rings. The standard InChI is InChI=1S/C35H60N2O4/c1-25-9-8-12-30(41-35(19-6-3-7-20-35)31-24-37-34(36)22-27(31)16-13-25)23-28(38)17-14-26-15-18-32(39)33(21-26)40-29-10-4-2-5-11-29/h25-34,37-39H,2-12,14-15,17-24,36H2,1H3/p+1. The number of rotatable bonds is 7. The fraction of sp³-hybridized carbons (Fsp3) is 0.943.